The zero-order valence-corrected chi connectivity index (χ0v) is 5.90. The molecule has 0 amide bonds. The van der Waals surface area contributed by atoms with E-state index < -0.39 is 10.8 Å². The Labute approximate surface area is 55.9 Å². The molecule has 1 aliphatic heterocycles. The number of hydrogen-bond acceptors (Lipinski definition) is 3. The number of fused-ring (bicyclic) bond motifs is 1. The van der Waals surface area contributed by atoms with Crippen LogP contribution in [0.2, 0.25) is 0 Å². The molecule has 0 aromatic heterocycles. The molecule has 0 radical (unpaired) electrons. The average Bonchev–Trinajstić information content (AvgIpc) is 2.43. The van der Waals surface area contributed by atoms with Crippen LogP contribution in [0.5, 0.6) is 0 Å². The highest BCUT2D eigenvalue weighted by Crippen LogP contribution is 2.60. The van der Waals surface area contributed by atoms with Crippen LogP contribution in [0.1, 0.15) is 12.8 Å². The van der Waals surface area contributed by atoms with Crippen LogP contribution in [-0.4, -0.2) is 20.9 Å². The standard InChI is InChI=1S/C5H11NO2S/c7-9(8)5-3-4(5)1-2-6-9/h4-8H,1-3H2. The Morgan fingerprint density at radius 1 is 1.44 bits per heavy atom. The van der Waals surface area contributed by atoms with Gasteiger partial charge in [-0.2, -0.15) is 0 Å². The Hall–Kier alpha value is 0.230. The molecule has 2 rings (SSSR count). The Kier molecular flexibility index (Phi) is 1.08. The fourth-order valence-electron chi connectivity index (χ4n) is 1.43. The Bertz CT molecular complexity index is 139. The highest BCUT2D eigenvalue weighted by molar-refractivity contribution is 8.23. The fourth-order valence-corrected chi connectivity index (χ4v) is 3.25. The zero-order chi connectivity index (χ0) is 6.48. The number of rotatable bonds is 0. The predicted octanol–water partition coefficient (Wildman–Crippen LogP) is 1.03. The molecule has 0 bridgehead atoms. The maximum Gasteiger partial charge on any atom is 0.0670 e. The third-order valence-corrected chi connectivity index (χ3v) is 4.16. The maximum absolute atomic E-state index is 9.21. The van der Waals surface area contributed by atoms with E-state index in [-0.39, 0.29) is 5.25 Å². The van der Waals surface area contributed by atoms with E-state index in [1.165, 1.54) is 0 Å². The number of hydrogen-bond donors (Lipinski definition) is 3. The van der Waals surface area contributed by atoms with Gasteiger partial charge in [-0.15, -0.1) is 10.8 Å². The van der Waals surface area contributed by atoms with E-state index in [4.69, 9.17) is 0 Å². The zero-order valence-electron chi connectivity index (χ0n) is 5.08. The van der Waals surface area contributed by atoms with Crippen LogP contribution < -0.4 is 4.72 Å². The van der Waals surface area contributed by atoms with Crippen LogP contribution in [0, 0.1) is 5.92 Å². The highest BCUT2D eigenvalue weighted by Gasteiger charge is 2.49. The fraction of sp³-hybridized carbons (Fsp3) is 1.00. The molecule has 0 aromatic carbocycles. The van der Waals surface area contributed by atoms with Gasteiger partial charge in [0.05, 0.1) is 5.25 Å². The molecule has 3 N–H and O–H groups in total. The first-order valence-corrected chi connectivity index (χ1v) is 4.83. The Morgan fingerprint density at radius 2 is 2.22 bits per heavy atom. The van der Waals surface area contributed by atoms with Gasteiger partial charge in [0.15, 0.2) is 0 Å². The molecular weight excluding hydrogens is 138 g/mol. The SMILES string of the molecule is OS1(O)NCCC2CC21. The highest BCUT2D eigenvalue weighted by atomic mass is 32.3. The maximum atomic E-state index is 9.21. The van der Waals surface area contributed by atoms with E-state index in [1.54, 1.807) is 0 Å². The van der Waals surface area contributed by atoms with E-state index in [1.807, 2.05) is 0 Å². The summed E-state index contributed by atoms with van der Waals surface area (Å²) in [5, 5.41) is 0.200. The van der Waals surface area contributed by atoms with Crippen molar-refractivity contribution >= 4 is 10.8 Å². The van der Waals surface area contributed by atoms with Gasteiger partial charge in [-0.05, 0) is 18.8 Å². The van der Waals surface area contributed by atoms with E-state index in [0.717, 1.165) is 19.4 Å². The second-order valence-corrected chi connectivity index (χ2v) is 4.89. The van der Waals surface area contributed by atoms with Crippen LogP contribution in [0.25, 0.3) is 0 Å². The summed E-state index contributed by atoms with van der Waals surface area (Å²) >= 11 is 0. The lowest BCUT2D eigenvalue weighted by Crippen LogP contribution is -2.29. The van der Waals surface area contributed by atoms with Gasteiger partial charge in [-0.25, -0.2) is 4.72 Å². The molecule has 3 nitrogen and oxygen atoms in total. The lowest BCUT2D eigenvalue weighted by atomic mass is 10.3. The normalized spacial score (nSPS) is 49.6. The minimum atomic E-state index is -2.34. The molecular formula is C5H11NO2S. The van der Waals surface area contributed by atoms with Gasteiger partial charge in [-0.1, -0.05) is 0 Å². The summed E-state index contributed by atoms with van der Waals surface area (Å²) in [6, 6.07) is 0. The molecule has 4 heteroatoms. The van der Waals surface area contributed by atoms with Crippen molar-refractivity contribution in [3.8, 4) is 0 Å². The first kappa shape index (κ1) is 5.97. The van der Waals surface area contributed by atoms with Gasteiger partial charge in [0.2, 0.25) is 0 Å². The summed E-state index contributed by atoms with van der Waals surface area (Å²) in [6.07, 6.45) is 2.15. The van der Waals surface area contributed by atoms with Crippen LogP contribution in [0.4, 0.5) is 0 Å². The molecule has 1 heterocycles. The number of nitrogens with one attached hydrogen (secondary N) is 1. The summed E-state index contributed by atoms with van der Waals surface area (Å²) in [4.78, 5) is 0. The average molecular weight is 149 g/mol. The summed E-state index contributed by atoms with van der Waals surface area (Å²) in [7, 11) is -2.34. The van der Waals surface area contributed by atoms with Crippen molar-refractivity contribution in [3.05, 3.63) is 0 Å². The molecule has 2 atom stereocenters. The molecule has 0 spiro atoms. The quantitative estimate of drug-likeness (QED) is 0.482. The first-order chi connectivity index (χ1) is 4.20. The van der Waals surface area contributed by atoms with E-state index in [9.17, 15) is 9.11 Å². The smallest absolute Gasteiger partial charge is 0.0670 e. The summed E-state index contributed by atoms with van der Waals surface area (Å²) in [5.74, 6) is 0.622. The second kappa shape index (κ2) is 1.63. The molecule has 2 fully saturated rings. The molecule has 2 unspecified atom stereocenters. The minimum Gasteiger partial charge on any atom is -0.285 e. The largest absolute Gasteiger partial charge is 0.285 e. The summed E-state index contributed by atoms with van der Waals surface area (Å²) in [6.45, 7) is 0.781. The van der Waals surface area contributed by atoms with E-state index >= 15 is 0 Å². The molecule has 9 heavy (non-hydrogen) atoms. The third-order valence-electron chi connectivity index (χ3n) is 2.11. The molecule has 1 aliphatic carbocycles. The molecule has 1 saturated heterocycles. The third kappa shape index (κ3) is 0.864. The van der Waals surface area contributed by atoms with Crippen molar-refractivity contribution in [2.45, 2.75) is 18.1 Å². The van der Waals surface area contributed by atoms with Crippen LogP contribution in [-0.2, 0) is 0 Å². The van der Waals surface area contributed by atoms with Crippen molar-refractivity contribution in [1.29, 1.82) is 0 Å². The van der Waals surface area contributed by atoms with Crippen molar-refractivity contribution in [1.82, 2.24) is 4.72 Å². The molecule has 2 aliphatic rings. The monoisotopic (exact) mass is 149 g/mol. The van der Waals surface area contributed by atoms with Gasteiger partial charge in [-0.3, -0.25) is 9.11 Å². The lowest BCUT2D eigenvalue weighted by Gasteiger charge is -2.36. The summed E-state index contributed by atoms with van der Waals surface area (Å²) in [5.41, 5.74) is 0. The van der Waals surface area contributed by atoms with Gasteiger partial charge < -0.3 is 0 Å². The van der Waals surface area contributed by atoms with Crippen LogP contribution in [0.3, 0.4) is 0 Å². The predicted molar refractivity (Wildman–Crippen MR) is 37.4 cm³/mol. The topological polar surface area (TPSA) is 52.5 Å². The van der Waals surface area contributed by atoms with Crippen LogP contribution in [0.15, 0.2) is 0 Å². The molecule has 54 valence electrons. The second-order valence-electron chi connectivity index (χ2n) is 2.81. The molecule has 0 aromatic rings. The van der Waals surface area contributed by atoms with E-state index in [2.05, 4.69) is 4.72 Å². The van der Waals surface area contributed by atoms with Crippen LogP contribution >= 0.6 is 10.8 Å². The van der Waals surface area contributed by atoms with Crippen molar-refractivity contribution in [2.24, 2.45) is 5.92 Å². The van der Waals surface area contributed by atoms with Gasteiger partial charge in [0.25, 0.3) is 0 Å². The van der Waals surface area contributed by atoms with Gasteiger partial charge in [0, 0.05) is 6.54 Å². The van der Waals surface area contributed by atoms with Crippen molar-refractivity contribution in [2.75, 3.05) is 6.54 Å². The first-order valence-electron chi connectivity index (χ1n) is 3.22. The van der Waals surface area contributed by atoms with Crippen molar-refractivity contribution in [3.63, 3.8) is 0 Å². The minimum absolute atomic E-state index is 0.200. The Balaban J connectivity index is 2.09. The van der Waals surface area contributed by atoms with Gasteiger partial charge >= 0.3 is 0 Å². The lowest BCUT2D eigenvalue weighted by molar-refractivity contribution is 0.451. The van der Waals surface area contributed by atoms with Crippen molar-refractivity contribution < 1.29 is 9.11 Å². The Morgan fingerprint density at radius 3 is 2.78 bits per heavy atom. The molecule has 1 saturated carbocycles. The van der Waals surface area contributed by atoms with E-state index in [0.29, 0.717) is 5.92 Å². The summed E-state index contributed by atoms with van der Waals surface area (Å²) < 4.78 is 21.2. The van der Waals surface area contributed by atoms with Gasteiger partial charge in [0.1, 0.15) is 0 Å².